The van der Waals surface area contributed by atoms with Gasteiger partial charge in [-0.2, -0.15) is 0 Å². The molecule has 3 heterocycles. The van der Waals surface area contributed by atoms with Crippen molar-refractivity contribution in [1.29, 1.82) is 0 Å². The van der Waals surface area contributed by atoms with Gasteiger partial charge < -0.3 is 13.9 Å². The van der Waals surface area contributed by atoms with Gasteiger partial charge in [0.2, 0.25) is 11.8 Å². The Balaban J connectivity index is 1.53. The van der Waals surface area contributed by atoms with E-state index in [2.05, 4.69) is 4.74 Å². The van der Waals surface area contributed by atoms with E-state index in [9.17, 15) is 19.2 Å². The molecule has 1 saturated heterocycles. The van der Waals surface area contributed by atoms with Crippen molar-refractivity contribution in [3.63, 3.8) is 0 Å². The Kier molecular flexibility index (Phi) is 3.73. The summed E-state index contributed by atoms with van der Waals surface area (Å²) in [6.45, 7) is -0.191. The van der Waals surface area contributed by atoms with Crippen molar-refractivity contribution in [2.45, 2.75) is 11.8 Å². The molecule has 1 aromatic heterocycles. The summed E-state index contributed by atoms with van der Waals surface area (Å²) in [5.74, 6) is -2.34. The molecular weight excluding hydrogens is 306 g/mol. The Hall–Kier alpha value is -2.90. The van der Waals surface area contributed by atoms with E-state index in [1.807, 2.05) is 0 Å². The molecule has 0 aliphatic carbocycles. The molecule has 0 radical (unpaired) electrons. The summed E-state index contributed by atoms with van der Waals surface area (Å²) in [6.07, 6.45) is 1.84. The number of hydrogen-bond acceptors (Lipinski definition) is 7. The molecule has 2 amide bonds. The van der Waals surface area contributed by atoms with Crippen LogP contribution in [-0.4, -0.2) is 48.9 Å². The molecule has 8 nitrogen and oxygen atoms in total. The van der Waals surface area contributed by atoms with Crippen molar-refractivity contribution in [2.75, 3.05) is 20.3 Å². The van der Waals surface area contributed by atoms with Gasteiger partial charge in [-0.3, -0.25) is 14.5 Å². The van der Waals surface area contributed by atoms with E-state index in [0.717, 1.165) is 17.1 Å². The molecule has 0 N–H and O–H groups in total. The van der Waals surface area contributed by atoms with Crippen LogP contribution < -0.4 is 0 Å². The lowest BCUT2D eigenvalue weighted by Gasteiger charge is -2.14. The van der Waals surface area contributed by atoms with Crippen molar-refractivity contribution >= 4 is 23.8 Å². The van der Waals surface area contributed by atoms with E-state index < -0.39 is 23.8 Å². The third-order valence-corrected chi connectivity index (χ3v) is 3.77. The van der Waals surface area contributed by atoms with Gasteiger partial charge in [-0.15, -0.1) is 0 Å². The van der Waals surface area contributed by atoms with E-state index in [0.29, 0.717) is 11.5 Å². The van der Waals surface area contributed by atoms with Crippen LogP contribution >= 0.6 is 0 Å². The lowest BCUT2D eigenvalue weighted by Crippen LogP contribution is -2.34. The number of ether oxygens (including phenoxy) is 2. The summed E-state index contributed by atoms with van der Waals surface area (Å²) in [5, 5.41) is 0. The number of furan rings is 1. The summed E-state index contributed by atoms with van der Waals surface area (Å²) in [5.41, 5.74) is 0. The standard InChI is InChI=1S/C15H13NO7/c1-21-10(17)4-5-11(18)22-7-6-16-14(19)12-8-2-3-9(23-8)13(12)15(16)20/h2-5,12-13H,6-7H2,1H3/b5-4+/t12-,13?/m1/s1. The van der Waals surface area contributed by atoms with Crippen molar-refractivity contribution in [3.05, 3.63) is 35.8 Å². The van der Waals surface area contributed by atoms with Gasteiger partial charge in [0.25, 0.3) is 0 Å². The first-order chi connectivity index (χ1) is 11.0. The molecule has 120 valence electrons. The first kappa shape index (κ1) is 15.0. The molecule has 1 unspecified atom stereocenters. The van der Waals surface area contributed by atoms with Gasteiger partial charge >= 0.3 is 11.9 Å². The SMILES string of the molecule is COC(=O)/C=C/C(=O)OCCN1C(=O)C2c3ccc(o3)[C@H]2C1=O. The highest BCUT2D eigenvalue weighted by Gasteiger charge is 2.55. The number of rotatable bonds is 5. The summed E-state index contributed by atoms with van der Waals surface area (Å²) < 4.78 is 14.5. The van der Waals surface area contributed by atoms with Gasteiger partial charge in [0.15, 0.2) is 0 Å². The number of carbonyl (C=O) groups is 4. The van der Waals surface area contributed by atoms with Gasteiger partial charge in [-0.1, -0.05) is 0 Å². The lowest BCUT2D eigenvalue weighted by molar-refractivity contribution is -0.145. The molecule has 1 fully saturated rings. The minimum absolute atomic E-state index is 0.0387. The minimum atomic E-state index is -0.761. The summed E-state index contributed by atoms with van der Waals surface area (Å²) in [6, 6.07) is 3.37. The second kappa shape index (κ2) is 5.71. The fourth-order valence-electron chi connectivity index (χ4n) is 2.71. The number of methoxy groups -OCH3 is 1. The van der Waals surface area contributed by atoms with Crippen LogP contribution in [0.1, 0.15) is 23.4 Å². The van der Waals surface area contributed by atoms with Crippen LogP contribution in [-0.2, 0) is 28.7 Å². The number of carbonyl (C=O) groups excluding carboxylic acids is 4. The van der Waals surface area contributed by atoms with Gasteiger partial charge in [0.05, 0.1) is 13.7 Å². The molecule has 2 aliphatic rings. The zero-order valence-corrected chi connectivity index (χ0v) is 12.2. The van der Waals surface area contributed by atoms with Crippen LogP contribution in [0, 0.1) is 0 Å². The normalized spacial score (nSPS) is 21.9. The molecule has 2 bridgehead atoms. The molecule has 0 aromatic carbocycles. The molecule has 2 atom stereocenters. The van der Waals surface area contributed by atoms with Gasteiger partial charge in [-0.25, -0.2) is 9.59 Å². The van der Waals surface area contributed by atoms with Crippen LogP contribution in [0.4, 0.5) is 0 Å². The molecule has 0 saturated carbocycles. The summed E-state index contributed by atoms with van der Waals surface area (Å²) in [7, 11) is 1.18. The van der Waals surface area contributed by atoms with E-state index in [4.69, 9.17) is 9.15 Å². The van der Waals surface area contributed by atoms with Gasteiger partial charge in [0.1, 0.15) is 30.0 Å². The van der Waals surface area contributed by atoms with Crippen LogP contribution in [0.3, 0.4) is 0 Å². The van der Waals surface area contributed by atoms with Crippen LogP contribution in [0.5, 0.6) is 0 Å². The van der Waals surface area contributed by atoms with E-state index in [-0.39, 0.29) is 25.0 Å². The molecule has 8 heteroatoms. The number of likely N-dealkylation sites (tertiary alicyclic amines) is 1. The quantitative estimate of drug-likeness (QED) is 0.431. The van der Waals surface area contributed by atoms with Crippen molar-refractivity contribution in [2.24, 2.45) is 0 Å². The summed E-state index contributed by atoms with van der Waals surface area (Å²) >= 11 is 0. The number of imide groups is 1. The van der Waals surface area contributed by atoms with E-state index in [1.54, 1.807) is 12.1 Å². The second-order valence-corrected chi connectivity index (χ2v) is 5.05. The Morgan fingerprint density at radius 3 is 2.26 bits per heavy atom. The molecule has 0 spiro atoms. The second-order valence-electron chi connectivity index (χ2n) is 5.05. The van der Waals surface area contributed by atoms with Gasteiger partial charge in [-0.05, 0) is 12.1 Å². The zero-order valence-electron chi connectivity index (χ0n) is 12.2. The highest BCUT2D eigenvalue weighted by molar-refractivity contribution is 6.10. The predicted octanol–water partition coefficient (Wildman–Crippen LogP) is 0.102. The highest BCUT2D eigenvalue weighted by Crippen LogP contribution is 2.48. The van der Waals surface area contributed by atoms with Crippen molar-refractivity contribution in [1.82, 2.24) is 4.90 Å². The first-order valence-electron chi connectivity index (χ1n) is 6.90. The Bertz CT molecular complexity index is 681. The number of fused-ring (bicyclic) bond motifs is 5. The third-order valence-electron chi connectivity index (χ3n) is 3.77. The smallest absolute Gasteiger partial charge is 0.331 e. The predicted molar refractivity (Wildman–Crippen MR) is 73.0 cm³/mol. The number of amides is 2. The molecule has 1 aromatic rings. The molecule has 23 heavy (non-hydrogen) atoms. The summed E-state index contributed by atoms with van der Waals surface area (Å²) in [4.78, 5) is 47.8. The van der Waals surface area contributed by atoms with Crippen LogP contribution in [0.2, 0.25) is 0 Å². The average molecular weight is 319 g/mol. The van der Waals surface area contributed by atoms with Crippen LogP contribution in [0.15, 0.2) is 28.7 Å². The van der Waals surface area contributed by atoms with Gasteiger partial charge in [0, 0.05) is 12.2 Å². The molecule has 2 aliphatic heterocycles. The zero-order chi connectivity index (χ0) is 16.6. The molecular formula is C15H13NO7. The number of nitrogens with zero attached hydrogens (tertiary/aromatic N) is 1. The maximum Gasteiger partial charge on any atom is 0.331 e. The fraction of sp³-hybridized carbons (Fsp3) is 0.333. The topological polar surface area (TPSA) is 103 Å². The Morgan fingerprint density at radius 2 is 1.70 bits per heavy atom. The first-order valence-corrected chi connectivity index (χ1v) is 6.90. The maximum absolute atomic E-state index is 12.3. The van der Waals surface area contributed by atoms with Crippen LogP contribution in [0.25, 0.3) is 0 Å². The Labute approximate surface area is 130 Å². The highest BCUT2D eigenvalue weighted by atomic mass is 16.5. The van der Waals surface area contributed by atoms with E-state index >= 15 is 0 Å². The monoisotopic (exact) mass is 319 g/mol. The lowest BCUT2D eigenvalue weighted by atomic mass is 9.90. The van der Waals surface area contributed by atoms with E-state index in [1.165, 1.54) is 7.11 Å². The number of hydrogen-bond donors (Lipinski definition) is 0. The third kappa shape index (κ3) is 2.52. The maximum atomic E-state index is 12.3. The number of esters is 2. The minimum Gasteiger partial charge on any atom is -0.466 e. The largest absolute Gasteiger partial charge is 0.466 e. The Morgan fingerprint density at radius 1 is 1.13 bits per heavy atom. The van der Waals surface area contributed by atoms with Crippen molar-refractivity contribution < 1.29 is 33.1 Å². The fourth-order valence-corrected chi connectivity index (χ4v) is 2.71. The van der Waals surface area contributed by atoms with Crippen molar-refractivity contribution in [3.8, 4) is 0 Å². The molecule has 3 rings (SSSR count). The average Bonchev–Trinajstić information content (AvgIpc) is 3.21.